The minimum atomic E-state index is -1.03. The number of benzene rings is 3. The number of amides is 1. The highest BCUT2D eigenvalue weighted by Gasteiger charge is 2.25. The molecule has 0 radical (unpaired) electrons. The van der Waals surface area contributed by atoms with Crippen molar-refractivity contribution in [2.24, 2.45) is 0 Å². The van der Waals surface area contributed by atoms with E-state index in [2.05, 4.69) is 52.7 Å². The summed E-state index contributed by atoms with van der Waals surface area (Å²) in [5.41, 5.74) is 4.95. The van der Waals surface area contributed by atoms with Gasteiger partial charge in [0.25, 0.3) is 5.91 Å². The van der Waals surface area contributed by atoms with Crippen LogP contribution in [-0.4, -0.2) is 38.0 Å². The van der Waals surface area contributed by atoms with Crippen molar-refractivity contribution in [3.05, 3.63) is 101 Å². The van der Waals surface area contributed by atoms with Gasteiger partial charge in [0.1, 0.15) is 0 Å². The van der Waals surface area contributed by atoms with Gasteiger partial charge in [0.15, 0.2) is 11.6 Å². The molecule has 4 nitrogen and oxygen atoms in total. The second kappa shape index (κ2) is 9.49. The Morgan fingerprint density at radius 3 is 2.41 bits per heavy atom. The maximum Gasteiger partial charge on any atom is 0.251 e. The molecule has 1 aliphatic heterocycles. The fraction of sp³-hybridized carbons (Fsp3) is 0.269. The van der Waals surface area contributed by atoms with Crippen LogP contribution in [0.4, 0.5) is 14.5 Å². The number of carbonyl (C=O) groups is 1. The van der Waals surface area contributed by atoms with Crippen LogP contribution in [0.25, 0.3) is 0 Å². The molecule has 1 amide bonds. The van der Waals surface area contributed by atoms with Crippen molar-refractivity contribution in [3.63, 3.8) is 0 Å². The quantitative estimate of drug-likeness (QED) is 0.617. The Morgan fingerprint density at radius 2 is 1.72 bits per heavy atom. The molecule has 1 unspecified atom stereocenters. The molecule has 1 aliphatic rings. The van der Waals surface area contributed by atoms with Gasteiger partial charge in [0, 0.05) is 45.0 Å². The largest absolute Gasteiger partial charge is 0.378 e. The van der Waals surface area contributed by atoms with Crippen LogP contribution in [0.5, 0.6) is 0 Å². The van der Waals surface area contributed by atoms with Crippen LogP contribution in [0.15, 0.2) is 66.7 Å². The number of carbonyl (C=O) groups excluding carboxylic acids is 1. The third-order valence-corrected chi connectivity index (χ3v) is 6.03. The maximum atomic E-state index is 13.6. The first-order valence-electron chi connectivity index (χ1n) is 10.7. The van der Waals surface area contributed by atoms with E-state index in [1.165, 1.54) is 17.2 Å². The van der Waals surface area contributed by atoms with Gasteiger partial charge in [-0.15, -0.1) is 0 Å². The summed E-state index contributed by atoms with van der Waals surface area (Å²) in [6.45, 7) is 2.02. The number of nitrogens with one attached hydrogen (secondary N) is 1. The van der Waals surface area contributed by atoms with Gasteiger partial charge < -0.3 is 10.2 Å². The van der Waals surface area contributed by atoms with E-state index >= 15 is 0 Å². The number of halogens is 2. The summed E-state index contributed by atoms with van der Waals surface area (Å²) in [7, 11) is 3.99. The molecule has 6 heteroatoms. The highest BCUT2D eigenvalue weighted by molar-refractivity contribution is 5.94. The number of anilines is 1. The lowest BCUT2D eigenvalue weighted by Gasteiger charge is -2.36. The number of nitrogens with zero attached hydrogens (tertiary/aromatic N) is 2. The summed E-state index contributed by atoms with van der Waals surface area (Å²) in [4.78, 5) is 17.0. The zero-order valence-corrected chi connectivity index (χ0v) is 18.3. The third-order valence-electron chi connectivity index (χ3n) is 6.03. The van der Waals surface area contributed by atoms with E-state index in [1.807, 2.05) is 25.1 Å². The number of rotatable bonds is 6. The first kappa shape index (κ1) is 22.0. The minimum absolute atomic E-state index is 0.0474. The number of hydrogen-bond acceptors (Lipinski definition) is 3. The van der Waals surface area contributed by atoms with Crippen molar-refractivity contribution in [1.82, 2.24) is 10.2 Å². The van der Waals surface area contributed by atoms with Crippen LogP contribution in [0.1, 0.15) is 33.1 Å². The lowest BCUT2D eigenvalue weighted by molar-refractivity contribution is 0.0927. The molecule has 0 saturated carbocycles. The summed E-state index contributed by atoms with van der Waals surface area (Å²) in [5.74, 6) is -2.41. The van der Waals surface area contributed by atoms with Crippen LogP contribution in [0.2, 0.25) is 0 Å². The molecule has 0 fully saturated rings. The lowest BCUT2D eigenvalue weighted by atomic mass is 9.96. The Labute approximate surface area is 187 Å². The van der Waals surface area contributed by atoms with E-state index in [9.17, 15) is 13.6 Å². The molecule has 3 aromatic rings. The fourth-order valence-corrected chi connectivity index (χ4v) is 4.16. The Hall–Kier alpha value is -3.25. The lowest BCUT2D eigenvalue weighted by Crippen LogP contribution is -2.40. The van der Waals surface area contributed by atoms with Gasteiger partial charge in [-0.2, -0.15) is 0 Å². The molecule has 3 aromatic carbocycles. The van der Waals surface area contributed by atoms with Crippen LogP contribution in [0.3, 0.4) is 0 Å². The first-order chi connectivity index (χ1) is 15.4. The number of hydrogen-bond donors (Lipinski definition) is 1. The third kappa shape index (κ3) is 4.81. The second-order valence-corrected chi connectivity index (χ2v) is 8.33. The van der Waals surface area contributed by atoms with E-state index in [4.69, 9.17) is 0 Å². The molecule has 0 aromatic heterocycles. The topological polar surface area (TPSA) is 35.6 Å². The molecule has 32 heavy (non-hydrogen) atoms. The highest BCUT2D eigenvalue weighted by atomic mass is 19.2. The minimum Gasteiger partial charge on any atom is -0.378 e. The summed E-state index contributed by atoms with van der Waals surface area (Å²) < 4.78 is 26.8. The zero-order valence-electron chi connectivity index (χ0n) is 18.3. The van der Waals surface area contributed by atoms with Gasteiger partial charge in [0.2, 0.25) is 0 Å². The normalized spacial score (nSPS) is 14.5. The summed E-state index contributed by atoms with van der Waals surface area (Å²) in [6.07, 6.45) is 0.944. The zero-order chi connectivity index (χ0) is 22.7. The van der Waals surface area contributed by atoms with Crippen molar-refractivity contribution >= 4 is 11.6 Å². The van der Waals surface area contributed by atoms with Crippen molar-refractivity contribution < 1.29 is 13.6 Å². The first-order valence-corrected chi connectivity index (χ1v) is 10.7. The molecular weight excluding hydrogens is 408 g/mol. The fourth-order valence-electron chi connectivity index (χ4n) is 4.16. The van der Waals surface area contributed by atoms with Crippen molar-refractivity contribution in [2.75, 3.05) is 32.1 Å². The molecule has 1 N–H and O–H groups in total. The van der Waals surface area contributed by atoms with Crippen LogP contribution < -0.4 is 10.2 Å². The second-order valence-electron chi connectivity index (χ2n) is 8.33. The average Bonchev–Trinajstić information content (AvgIpc) is 2.81. The molecule has 166 valence electrons. The molecule has 4 rings (SSSR count). The predicted molar refractivity (Wildman–Crippen MR) is 123 cm³/mol. The molecule has 0 saturated heterocycles. The molecule has 0 bridgehead atoms. The van der Waals surface area contributed by atoms with E-state index in [-0.39, 0.29) is 11.6 Å². The van der Waals surface area contributed by atoms with Crippen LogP contribution in [0, 0.1) is 11.6 Å². The Bertz CT molecular complexity index is 1100. The average molecular weight is 436 g/mol. The smallest absolute Gasteiger partial charge is 0.251 e. The predicted octanol–water partition coefficient (Wildman–Crippen LogP) is 4.56. The Balaban J connectivity index is 1.56. The number of fused-ring (bicyclic) bond motifs is 1. The SMILES string of the molecule is CN(C)c1ccc(C(CNC(=O)c2ccc(F)c(F)c2)N2CCc3ccccc3C2)cc1. The van der Waals surface area contributed by atoms with E-state index < -0.39 is 17.5 Å². The van der Waals surface area contributed by atoms with E-state index in [0.717, 1.165) is 42.9 Å². The van der Waals surface area contributed by atoms with Crippen molar-refractivity contribution in [1.29, 1.82) is 0 Å². The molecule has 0 aliphatic carbocycles. The maximum absolute atomic E-state index is 13.6. The van der Waals surface area contributed by atoms with Crippen LogP contribution >= 0.6 is 0 Å². The van der Waals surface area contributed by atoms with Gasteiger partial charge in [-0.3, -0.25) is 9.69 Å². The summed E-state index contributed by atoms with van der Waals surface area (Å²) >= 11 is 0. The monoisotopic (exact) mass is 435 g/mol. The molecule has 0 spiro atoms. The van der Waals surface area contributed by atoms with Gasteiger partial charge in [-0.25, -0.2) is 8.78 Å². The van der Waals surface area contributed by atoms with Crippen LogP contribution in [-0.2, 0) is 13.0 Å². The van der Waals surface area contributed by atoms with Crippen molar-refractivity contribution in [3.8, 4) is 0 Å². The van der Waals surface area contributed by atoms with Gasteiger partial charge in [-0.05, 0) is 53.4 Å². The van der Waals surface area contributed by atoms with Gasteiger partial charge in [-0.1, -0.05) is 36.4 Å². The summed E-state index contributed by atoms with van der Waals surface area (Å²) in [6, 6.07) is 19.9. The van der Waals surface area contributed by atoms with Gasteiger partial charge in [0.05, 0.1) is 6.04 Å². The Kier molecular flexibility index (Phi) is 6.51. The van der Waals surface area contributed by atoms with Crippen molar-refractivity contribution in [2.45, 2.75) is 19.0 Å². The molecule has 1 heterocycles. The van der Waals surface area contributed by atoms with E-state index in [1.54, 1.807) is 0 Å². The highest BCUT2D eigenvalue weighted by Crippen LogP contribution is 2.29. The Morgan fingerprint density at radius 1 is 1.00 bits per heavy atom. The van der Waals surface area contributed by atoms with Gasteiger partial charge >= 0.3 is 0 Å². The standard InChI is InChI=1S/C26H27F2N3O/c1-30(2)22-10-7-19(8-11-22)25(31-14-13-18-5-3-4-6-21(18)17-31)16-29-26(32)20-9-12-23(27)24(28)15-20/h3-12,15,25H,13-14,16-17H2,1-2H3,(H,29,32). The summed E-state index contributed by atoms with van der Waals surface area (Å²) in [5, 5.41) is 2.92. The molecule has 1 atom stereocenters. The van der Waals surface area contributed by atoms with E-state index in [0.29, 0.717) is 6.54 Å². The molecular formula is C26H27F2N3O.